The zero-order valence-corrected chi connectivity index (χ0v) is 10.3. The van der Waals surface area contributed by atoms with E-state index in [1.807, 2.05) is 6.92 Å². The van der Waals surface area contributed by atoms with E-state index in [-0.39, 0.29) is 5.91 Å². The summed E-state index contributed by atoms with van der Waals surface area (Å²) in [6.07, 6.45) is 2.05. The Morgan fingerprint density at radius 3 is 2.33 bits per heavy atom. The molecule has 0 bridgehead atoms. The van der Waals surface area contributed by atoms with Gasteiger partial charge in [-0.05, 0) is 20.3 Å². The molecule has 0 heterocycles. The Labute approximate surface area is 95.8 Å². The van der Waals surface area contributed by atoms with E-state index in [1.165, 1.54) is 0 Å². The summed E-state index contributed by atoms with van der Waals surface area (Å²) in [6.45, 7) is 5.30. The van der Waals surface area contributed by atoms with Gasteiger partial charge >= 0.3 is 5.97 Å². The molecule has 0 saturated carbocycles. The van der Waals surface area contributed by atoms with Crippen LogP contribution < -0.4 is 5.32 Å². The fraction of sp³-hybridized carbons (Fsp3) is 0.800. The topological polar surface area (TPSA) is 66.4 Å². The largest absolute Gasteiger partial charge is 0.480 e. The fourth-order valence-electron chi connectivity index (χ4n) is 1.11. The Morgan fingerprint density at radius 2 is 2.00 bits per heavy atom. The van der Waals surface area contributed by atoms with Crippen LogP contribution in [-0.4, -0.2) is 27.8 Å². The molecule has 0 aliphatic rings. The minimum Gasteiger partial charge on any atom is -0.480 e. The number of amides is 1. The Kier molecular flexibility index (Phi) is 5.72. The zero-order chi connectivity index (χ0) is 12.1. The Bertz CT molecular complexity index is 235. The number of hydrogen-bond acceptors (Lipinski definition) is 3. The van der Waals surface area contributed by atoms with Crippen molar-refractivity contribution in [3.05, 3.63) is 0 Å². The Morgan fingerprint density at radius 1 is 1.47 bits per heavy atom. The van der Waals surface area contributed by atoms with Crippen LogP contribution in [0.4, 0.5) is 0 Å². The molecule has 0 radical (unpaired) electrons. The average molecular weight is 233 g/mol. The molecule has 5 heteroatoms. The van der Waals surface area contributed by atoms with Crippen molar-refractivity contribution in [1.82, 2.24) is 5.32 Å². The number of thiol groups is 1. The van der Waals surface area contributed by atoms with Crippen molar-refractivity contribution in [3.8, 4) is 0 Å². The van der Waals surface area contributed by atoms with E-state index < -0.39 is 16.8 Å². The van der Waals surface area contributed by atoms with E-state index in [4.69, 9.17) is 5.11 Å². The van der Waals surface area contributed by atoms with Gasteiger partial charge in [-0.1, -0.05) is 13.3 Å². The number of nitrogens with one attached hydrogen (secondary N) is 1. The first kappa shape index (κ1) is 14.3. The molecule has 0 aliphatic heterocycles. The highest BCUT2D eigenvalue weighted by Crippen LogP contribution is 2.18. The lowest BCUT2D eigenvalue weighted by molar-refractivity contribution is -0.142. The molecule has 88 valence electrons. The van der Waals surface area contributed by atoms with E-state index in [2.05, 4.69) is 17.9 Å². The van der Waals surface area contributed by atoms with E-state index in [1.54, 1.807) is 13.8 Å². The summed E-state index contributed by atoms with van der Waals surface area (Å²) in [6, 6.07) is -0.954. The average Bonchev–Trinajstić information content (AvgIpc) is 2.08. The molecular weight excluding hydrogens is 214 g/mol. The third-order valence-electron chi connectivity index (χ3n) is 2.02. The normalized spacial score (nSPS) is 13.3. The lowest BCUT2D eigenvalue weighted by atomic mass is 10.0. The highest BCUT2D eigenvalue weighted by Gasteiger charge is 2.33. The van der Waals surface area contributed by atoms with E-state index in [9.17, 15) is 9.59 Å². The molecule has 1 atom stereocenters. The van der Waals surface area contributed by atoms with E-state index >= 15 is 0 Å². The minimum absolute atomic E-state index is 0.230. The number of aliphatic carboxylic acids is 1. The van der Waals surface area contributed by atoms with Crippen molar-refractivity contribution in [3.63, 3.8) is 0 Å². The van der Waals surface area contributed by atoms with Gasteiger partial charge in [-0.25, -0.2) is 4.79 Å². The summed E-state index contributed by atoms with van der Waals surface area (Å²) in [5, 5.41) is 11.4. The molecule has 0 spiro atoms. The Hall–Kier alpha value is -0.710. The molecule has 1 amide bonds. The SMILES string of the molecule is CCCCC(=O)N[C@@H](C(=O)O)C(C)(C)S. The van der Waals surface area contributed by atoms with Crippen LogP contribution in [0.1, 0.15) is 40.0 Å². The van der Waals surface area contributed by atoms with Gasteiger partial charge in [0.2, 0.25) is 5.91 Å². The number of hydrogen-bond donors (Lipinski definition) is 3. The summed E-state index contributed by atoms with van der Waals surface area (Å²) < 4.78 is -0.770. The van der Waals surface area contributed by atoms with Gasteiger partial charge in [-0.15, -0.1) is 0 Å². The van der Waals surface area contributed by atoms with Crippen molar-refractivity contribution >= 4 is 24.5 Å². The van der Waals surface area contributed by atoms with Crippen LogP contribution in [0.2, 0.25) is 0 Å². The monoisotopic (exact) mass is 233 g/mol. The van der Waals surface area contributed by atoms with Crippen LogP contribution in [0.3, 0.4) is 0 Å². The van der Waals surface area contributed by atoms with Crippen LogP contribution in [0.15, 0.2) is 0 Å². The Balaban J connectivity index is 4.31. The summed E-state index contributed by atoms with van der Waals surface area (Å²) in [5.41, 5.74) is 0. The number of carboxylic acids is 1. The van der Waals surface area contributed by atoms with Gasteiger partial charge in [0.25, 0.3) is 0 Å². The first-order valence-corrected chi connectivity index (χ1v) is 5.48. The summed E-state index contributed by atoms with van der Waals surface area (Å²) >= 11 is 4.16. The third-order valence-corrected chi connectivity index (χ3v) is 2.27. The minimum atomic E-state index is -1.06. The van der Waals surface area contributed by atoms with Gasteiger partial charge in [0.05, 0.1) is 0 Å². The standard InChI is InChI=1S/C10H19NO3S/c1-4-5-6-7(12)11-8(9(13)14)10(2,3)15/h8,15H,4-6H2,1-3H3,(H,11,12)(H,13,14)/t8-/m0/s1. The summed E-state index contributed by atoms with van der Waals surface area (Å²) in [7, 11) is 0. The summed E-state index contributed by atoms with van der Waals surface area (Å²) in [5.74, 6) is -1.29. The molecule has 0 fully saturated rings. The van der Waals surface area contributed by atoms with Crippen LogP contribution in [0.5, 0.6) is 0 Å². The molecule has 0 unspecified atom stereocenters. The lowest BCUT2D eigenvalue weighted by Gasteiger charge is -2.26. The maximum absolute atomic E-state index is 11.4. The van der Waals surface area contributed by atoms with Crippen LogP contribution >= 0.6 is 12.6 Å². The second-order valence-corrected chi connectivity index (χ2v) is 5.25. The van der Waals surface area contributed by atoms with Crippen LogP contribution in [0.25, 0.3) is 0 Å². The second kappa shape index (κ2) is 6.00. The van der Waals surface area contributed by atoms with Gasteiger partial charge < -0.3 is 10.4 Å². The van der Waals surface area contributed by atoms with Gasteiger partial charge in [0.15, 0.2) is 0 Å². The smallest absolute Gasteiger partial charge is 0.327 e. The van der Waals surface area contributed by atoms with Gasteiger partial charge in [-0.3, -0.25) is 4.79 Å². The predicted octanol–water partition coefficient (Wildman–Crippen LogP) is 1.45. The quantitative estimate of drug-likeness (QED) is 0.608. The molecule has 0 rings (SSSR count). The predicted molar refractivity (Wildman–Crippen MR) is 62.2 cm³/mol. The highest BCUT2D eigenvalue weighted by molar-refractivity contribution is 7.81. The highest BCUT2D eigenvalue weighted by atomic mass is 32.1. The number of carbonyl (C=O) groups is 2. The summed E-state index contributed by atoms with van der Waals surface area (Å²) in [4.78, 5) is 22.2. The molecule has 0 aliphatic carbocycles. The van der Waals surface area contributed by atoms with Crippen molar-refractivity contribution in [2.75, 3.05) is 0 Å². The molecule has 15 heavy (non-hydrogen) atoms. The molecular formula is C10H19NO3S. The van der Waals surface area contributed by atoms with E-state index in [0.717, 1.165) is 12.8 Å². The van der Waals surface area contributed by atoms with Crippen molar-refractivity contribution in [1.29, 1.82) is 0 Å². The number of carbonyl (C=O) groups excluding carboxylic acids is 1. The van der Waals surface area contributed by atoms with Crippen LogP contribution in [-0.2, 0) is 9.59 Å². The third kappa shape index (κ3) is 5.67. The van der Waals surface area contributed by atoms with Gasteiger partial charge in [-0.2, -0.15) is 12.6 Å². The number of rotatable bonds is 6. The number of unbranched alkanes of at least 4 members (excludes halogenated alkanes) is 1. The van der Waals surface area contributed by atoms with Gasteiger partial charge in [0, 0.05) is 11.2 Å². The zero-order valence-electron chi connectivity index (χ0n) is 9.41. The van der Waals surface area contributed by atoms with Crippen molar-refractivity contribution in [2.45, 2.75) is 50.8 Å². The molecule has 2 N–H and O–H groups in total. The van der Waals surface area contributed by atoms with Crippen molar-refractivity contribution in [2.24, 2.45) is 0 Å². The first-order chi connectivity index (χ1) is 6.79. The number of carboxylic acid groups (broad SMARTS) is 1. The van der Waals surface area contributed by atoms with E-state index in [0.29, 0.717) is 6.42 Å². The van der Waals surface area contributed by atoms with Crippen LogP contribution in [0, 0.1) is 0 Å². The molecule has 4 nitrogen and oxygen atoms in total. The van der Waals surface area contributed by atoms with Gasteiger partial charge in [0.1, 0.15) is 6.04 Å². The molecule has 0 aromatic carbocycles. The molecule has 0 aromatic heterocycles. The molecule has 0 saturated heterocycles. The first-order valence-electron chi connectivity index (χ1n) is 5.03. The maximum Gasteiger partial charge on any atom is 0.327 e. The lowest BCUT2D eigenvalue weighted by Crippen LogP contribution is -2.51. The molecule has 0 aromatic rings. The van der Waals surface area contributed by atoms with Crippen molar-refractivity contribution < 1.29 is 14.7 Å². The second-order valence-electron chi connectivity index (χ2n) is 4.10. The fourth-order valence-corrected chi connectivity index (χ4v) is 1.29. The maximum atomic E-state index is 11.4.